The normalized spacial score (nSPS) is 18.8. The van der Waals surface area contributed by atoms with Gasteiger partial charge in [-0.2, -0.15) is 4.98 Å². The van der Waals surface area contributed by atoms with Crippen molar-refractivity contribution in [3.63, 3.8) is 0 Å². The van der Waals surface area contributed by atoms with Crippen LogP contribution < -0.4 is 10.1 Å². The van der Waals surface area contributed by atoms with Gasteiger partial charge in [-0.05, 0) is 32.9 Å². The Labute approximate surface area is 76.5 Å². The van der Waals surface area contributed by atoms with E-state index in [0.29, 0.717) is 11.9 Å². The molecule has 2 heterocycles. The summed E-state index contributed by atoms with van der Waals surface area (Å²) in [5, 5.41) is 6.91. The van der Waals surface area contributed by atoms with Crippen LogP contribution in [0.1, 0.15) is 18.7 Å². The average molecular weight is 183 g/mol. The number of aryl methyl sites for hydroxylation is 1. The van der Waals surface area contributed by atoms with Crippen LogP contribution in [0.4, 0.5) is 0 Å². The molecule has 0 unspecified atom stereocenters. The molecule has 2 rings (SSSR count). The van der Waals surface area contributed by atoms with E-state index in [0.717, 1.165) is 25.9 Å². The molecule has 13 heavy (non-hydrogen) atoms. The Morgan fingerprint density at radius 2 is 2.23 bits per heavy atom. The maximum Gasteiger partial charge on any atom is 0.417 e. The summed E-state index contributed by atoms with van der Waals surface area (Å²) in [6, 6.07) is 0. The second kappa shape index (κ2) is 3.74. The minimum atomic E-state index is 0.223. The van der Waals surface area contributed by atoms with Crippen LogP contribution in [0.2, 0.25) is 0 Å². The topological polar surface area (TPSA) is 60.2 Å². The molecular formula is C8H13N3O2. The summed E-state index contributed by atoms with van der Waals surface area (Å²) in [5.41, 5.74) is 0. The number of ether oxygens (including phenoxy) is 1. The molecule has 1 aliphatic heterocycles. The molecule has 1 saturated heterocycles. The molecular weight excluding hydrogens is 170 g/mol. The molecule has 0 atom stereocenters. The molecule has 5 nitrogen and oxygen atoms in total. The fraction of sp³-hybridized carbons (Fsp3) is 0.750. The van der Waals surface area contributed by atoms with Gasteiger partial charge in [0.25, 0.3) is 0 Å². The molecule has 1 aliphatic rings. The molecule has 72 valence electrons. The van der Waals surface area contributed by atoms with Crippen LogP contribution in [0.3, 0.4) is 0 Å². The number of rotatable bonds is 2. The van der Waals surface area contributed by atoms with Gasteiger partial charge >= 0.3 is 6.08 Å². The van der Waals surface area contributed by atoms with E-state index in [1.54, 1.807) is 6.92 Å². The molecule has 0 spiro atoms. The van der Waals surface area contributed by atoms with Gasteiger partial charge in [0.1, 0.15) is 6.10 Å². The summed E-state index contributed by atoms with van der Waals surface area (Å²) >= 11 is 0. The summed E-state index contributed by atoms with van der Waals surface area (Å²) in [7, 11) is 0. The van der Waals surface area contributed by atoms with E-state index in [9.17, 15) is 0 Å². The molecule has 1 N–H and O–H groups in total. The second-order valence-corrected chi connectivity index (χ2v) is 3.17. The summed E-state index contributed by atoms with van der Waals surface area (Å²) in [6.45, 7) is 3.77. The molecule has 0 aliphatic carbocycles. The molecule has 1 fully saturated rings. The highest BCUT2D eigenvalue weighted by Gasteiger charge is 2.16. The number of aromatic nitrogens is 2. The lowest BCUT2D eigenvalue weighted by Gasteiger charge is -2.21. The molecule has 0 amide bonds. The summed E-state index contributed by atoms with van der Waals surface area (Å²) in [4.78, 5) is 3.98. The first-order valence-electron chi connectivity index (χ1n) is 4.52. The zero-order chi connectivity index (χ0) is 9.10. The van der Waals surface area contributed by atoms with Crippen molar-refractivity contribution < 1.29 is 9.26 Å². The summed E-state index contributed by atoms with van der Waals surface area (Å²) in [5.74, 6) is 0.615. The van der Waals surface area contributed by atoms with Crippen LogP contribution >= 0.6 is 0 Å². The Kier molecular flexibility index (Phi) is 2.44. The smallest absolute Gasteiger partial charge is 0.417 e. The zero-order valence-electron chi connectivity index (χ0n) is 7.62. The maximum absolute atomic E-state index is 5.50. The SMILES string of the molecule is Cc1noc(OC2CCNCC2)n1. The van der Waals surface area contributed by atoms with Crippen LogP contribution in [0.5, 0.6) is 6.08 Å². The molecule has 0 bridgehead atoms. The fourth-order valence-electron chi connectivity index (χ4n) is 1.38. The summed E-state index contributed by atoms with van der Waals surface area (Å²) in [6.07, 6.45) is 2.52. The van der Waals surface area contributed by atoms with Gasteiger partial charge in [0.15, 0.2) is 5.82 Å². The van der Waals surface area contributed by atoms with Crippen molar-refractivity contribution in [3.8, 4) is 6.08 Å². The lowest BCUT2D eigenvalue weighted by atomic mass is 10.1. The molecule has 0 saturated carbocycles. The van der Waals surface area contributed by atoms with Gasteiger partial charge in [-0.25, -0.2) is 0 Å². The van der Waals surface area contributed by atoms with Crippen LogP contribution in [0, 0.1) is 6.92 Å². The van der Waals surface area contributed by atoms with Crippen molar-refractivity contribution in [2.45, 2.75) is 25.9 Å². The third-order valence-electron chi connectivity index (χ3n) is 2.06. The van der Waals surface area contributed by atoms with Crippen LogP contribution in [0.15, 0.2) is 4.52 Å². The van der Waals surface area contributed by atoms with Crippen molar-refractivity contribution in [2.24, 2.45) is 0 Å². The first-order valence-corrected chi connectivity index (χ1v) is 4.52. The lowest BCUT2D eigenvalue weighted by molar-refractivity contribution is 0.108. The van der Waals surface area contributed by atoms with Crippen LogP contribution in [-0.4, -0.2) is 29.3 Å². The first kappa shape index (κ1) is 8.50. The number of hydrogen-bond donors (Lipinski definition) is 1. The van der Waals surface area contributed by atoms with Gasteiger partial charge in [0, 0.05) is 0 Å². The third-order valence-corrected chi connectivity index (χ3v) is 2.06. The van der Waals surface area contributed by atoms with Gasteiger partial charge in [0.2, 0.25) is 0 Å². The van der Waals surface area contributed by atoms with Crippen molar-refractivity contribution in [2.75, 3.05) is 13.1 Å². The number of nitrogens with one attached hydrogen (secondary N) is 1. The second-order valence-electron chi connectivity index (χ2n) is 3.17. The lowest BCUT2D eigenvalue weighted by Crippen LogP contribution is -2.34. The Hall–Kier alpha value is -1.10. The van der Waals surface area contributed by atoms with Gasteiger partial charge in [0.05, 0.1) is 0 Å². The van der Waals surface area contributed by atoms with E-state index in [1.165, 1.54) is 0 Å². The van der Waals surface area contributed by atoms with Crippen molar-refractivity contribution in [1.29, 1.82) is 0 Å². The fourth-order valence-corrected chi connectivity index (χ4v) is 1.38. The summed E-state index contributed by atoms with van der Waals surface area (Å²) < 4.78 is 10.4. The standard InChI is InChI=1S/C8H13N3O2/c1-6-10-8(13-11-6)12-7-2-4-9-5-3-7/h7,9H,2-5H2,1H3. The van der Waals surface area contributed by atoms with Gasteiger partial charge in [-0.15, -0.1) is 0 Å². The highest BCUT2D eigenvalue weighted by atomic mass is 16.6. The van der Waals surface area contributed by atoms with Crippen molar-refractivity contribution in [1.82, 2.24) is 15.5 Å². The number of hydrogen-bond acceptors (Lipinski definition) is 5. The maximum atomic E-state index is 5.50. The van der Waals surface area contributed by atoms with E-state index in [-0.39, 0.29) is 6.10 Å². The van der Waals surface area contributed by atoms with E-state index >= 15 is 0 Å². The molecule has 1 aromatic rings. The van der Waals surface area contributed by atoms with E-state index < -0.39 is 0 Å². The van der Waals surface area contributed by atoms with E-state index in [2.05, 4.69) is 15.5 Å². The highest BCUT2D eigenvalue weighted by Crippen LogP contribution is 2.13. The first-order chi connectivity index (χ1) is 6.34. The molecule has 0 radical (unpaired) electrons. The van der Waals surface area contributed by atoms with E-state index in [1.807, 2.05) is 0 Å². The highest BCUT2D eigenvalue weighted by molar-refractivity contribution is 4.89. The van der Waals surface area contributed by atoms with Gasteiger partial charge in [-0.1, -0.05) is 5.16 Å². The monoisotopic (exact) mass is 183 g/mol. The van der Waals surface area contributed by atoms with Gasteiger partial charge in [-0.3, -0.25) is 4.52 Å². The van der Waals surface area contributed by atoms with Crippen molar-refractivity contribution in [3.05, 3.63) is 5.82 Å². The Bertz CT molecular complexity index is 268. The van der Waals surface area contributed by atoms with Crippen LogP contribution in [0.25, 0.3) is 0 Å². The Morgan fingerprint density at radius 3 is 2.85 bits per heavy atom. The van der Waals surface area contributed by atoms with Crippen molar-refractivity contribution >= 4 is 0 Å². The van der Waals surface area contributed by atoms with Gasteiger partial charge < -0.3 is 10.1 Å². The average Bonchev–Trinajstić information content (AvgIpc) is 2.53. The Balaban J connectivity index is 1.89. The quantitative estimate of drug-likeness (QED) is 0.723. The van der Waals surface area contributed by atoms with E-state index in [4.69, 9.17) is 9.26 Å². The largest absolute Gasteiger partial charge is 0.445 e. The molecule has 0 aromatic carbocycles. The van der Waals surface area contributed by atoms with Crippen LogP contribution in [-0.2, 0) is 0 Å². The molecule has 5 heteroatoms. The zero-order valence-corrected chi connectivity index (χ0v) is 7.62. The predicted octanol–water partition coefficient (Wildman–Crippen LogP) is 0.509. The number of piperidine rings is 1. The molecule has 1 aromatic heterocycles. The Morgan fingerprint density at radius 1 is 1.46 bits per heavy atom. The third kappa shape index (κ3) is 2.18. The minimum absolute atomic E-state index is 0.223. The number of nitrogens with zero attached hydrogens (tertiary/aromatic N) is 2. The minimum Gasteiger partial charge on any atom is -0.445 e. The predicted molar refractivity (Wildman–Crippen MR) is 45.6 cm³/mol.